The average molecular weight is 231 g/mol. The molecule has 0 fully saturated rings. The molecule has 17 heavy (non-hydrogen) atoms. The minimum absolute atomic E-state index is 0.0699. The molecule has 0 spiro atoms. The number of hydrogen-bond donors (Lipinski definition) is 2. The van der Waals surface area contributed by atoms with Gasteiger partial charge in [0.2, 0.25) is 5.91 Å². The molecule has 0 unspecified atom stereocenters. The van der Waals surface area contributed by atoms with Crippen molar-refractivity contribution in [2.45, 2.75) is 32.7 Å². The van der Waals surface area contributed by atoms with Gasteiger partial charge in [0.15, 0.2) is 0 Å². The van der Waals surface area contributed by atoms with Gasteiger partial charge in [0.1, 0.15) is 5.82 Å². The lowest BCUT2D eigenvalue weighted by Crippen LogP contribution is -2.26. The van der Waals surface area contributed by atoms with E-state index in [4.69, 9.17) is 0 Å². The summed E-state index contributed by atoms with van der Waals surface area (Å²) < 4.78 is 0. The van der Waals surface area contributed by atoms with E-state index in [2.05, 4.69) is 15.3 Å². The van der Waals surface area contributed by atoms with Crippen molar-refractivity contribution in [3.8, 4) is 0 Å². The van der Waals surface area contributed by atoms with Crippen molar-refractivity contribution in [1.82, 2.24) is 15.3 Å². The van der Waals surface area contributed by atoms with Crippen molar-refractivity contribution in [3.63, 3.8) is 0 Å². The highest BCUT2D eigenvalue weighted by molar-refractivity contribution is 5.77. The van der Waals surface area contributed by atoms with E-state index in [-0.39, 0.29) is 11.9 Å². The first-order chi connectivity index (χ1) is 8.20. The van der Waals surface area contributed by atoms with Gasteiger partial charge >= 0.3 is 0 Å². The molecule has 0 saturated heterocycles. The van der Waals surface area contributed by atoms with Gasteiger partial charge in [0.05, 0.1) is 17.1 Å². The largest absolute Gasteiger partial charge is 0.346 e. The van der Waals surface area contributed by atoms with Gasteiger partial charge < -0.3 is 10.3 Å². The van der Waals surface area contributed by atoms with Crippen LogP contribution in [0.5, 0.6) is 0 Å². The Morgan fingerprint density at radius 2 is 2.24 bits per heavy atom. The molecule has 0 aliphatic carbocycles. The molecule has 2 N–H and O–H groups in total. The molecular weight excluding hydrogens is 214 g/mol. The van der Waals surface area contributed by atoms with E-state index in [1.165, 1.54) is 0 Å². The second-order valence-electron chi connectivity index (χ2n) is 4.18. The molecule has 0 aliphatic rings. The van der Waals surface area contributed by atoms with Gasteiger partial charge in [-0.15, -0.1) is 0 Å². The lowest BCUT2D eigenvalue weighted by molar-refractivity contribution is -0.121. The van der Waals surface area contributed by atoms with Crippen LogP contribution < -0.4 is 5.32 Å². The molecule has 0 aliphatic heterocycles. The number of fused-ring (bicyclic) bond motifs is 1. The maximum Gasteiger partial charge on any atom is 0.220 e. The van der Waals surface area contributed by atoms with E-state index in [0.717, 1.165) is 23.3 Å². The number of para-hydroxylation sites is 2. The van der Waals surface area contributed by atoms with Crippen LogP contribution in [0, 0.1) is 0 Å². The van der Waals surface area contributed by atoms with Crippen LogP contribution in [0.25, 0.3) is 11.0 Å². The molecule has 1 amide bonds. The first kappa shape index (κ1) is 11.6. The van der Waals surface area contributed by atoms with Crippen LogP contribution in [-0.4, -0.2) is 15.9 Å². The second kappa shape index (κ2) is 4.99. The molecule has 0 saturated carbocycles. The molecule has 4 nitrogen and oxygen atoms in total. The fourth-order valence-electron chi connectivity index (χ4n) is 1.79. The molecule has 1 atom stereocenters. The van der Waals surface area contributed by atoms with Crippen LogP contribution in [0.4, 0.5) is 0 Å². The van der Waals surface area contributed by atoms with Gasteiger partial charge in [-0.1, -0.05) is 19.1 Å². The summed E-state index contributed by atoms with van der Waals surface area (Å²) in [6.07, 6.45) is 1.42. The summed E-state index contributed by atoms with van der Waals surface area (Å²) in [7, 11) is 0. The third-order valence-electron chi connectivity index (χ3n) is 2.67. The maximum atomic E-state index is 11.5. The Morgan fingerprint density at radius 3 is 2.94 bits per heavy atom. The Bertz CT molecular complexity index is 485. The number of benzene rings is 1. The van der Waals surface area contributed by atoms with Gasteiger partial charge in [-0.3, -0.25) is 4.79 Å². The van der Waals surface area contributed by atoms with Crippen LogP contribution >= 0.6 is 0 Å². The van der Waals surface area contributed by atoms with Gasteiger partial charge in [-0.2, -0.15) is 0 Å². The first-order valence-electron chi connectivity index (χ1n) is 5.94. The number of amides is 1. The predicted octanol–water partition coefficient (Wildman–Crippen LogP) is 2.54. The summed E-state index contributed by atoms with van der Waals surface area (Å²) >= 11 is 0. The van der Waals surface area contributed by atoms with E-state index in [1.807, 2.05) is 38.1 Å². The van der Waals surface area contributed by atoms with Crippen molar-refractivity contribution in [1.29, 1.82) is 0 Å². The molecular formula is C13H17N3O. The third kappa shape index (κ3) is 2.64. The van der Waals surface area contributed by atoms with Crippen molar-refractivity contribution in [2.24, 2.45) is 0 Å². The Kier molecular flexibility index (Phi) is 3.42. The lowest BCUT2D eigenvalue weighted by atomic mass is 10.2. The van der Waals surface area contributed by atoms with Crippen LogP contribution in [0.15, 0.2) is 24.3 Å². The maximum absolute atomic E-state index is 11.5. The van der Waals surface area contributed by atoms with Crippen molar-refractivity contribution in [2.75, 3.05) is 0 Å². The molecule has 0 bridgehead atoms. The number of nitrogens with one attached hydrogen (secondary N) is 2. The molecule has 4 heteroatoms. The summed E-state index contributed by atoms with van der Waals surface area (Å²) in [6, 6.07) is 7.77. The van der Waals surface area contributed by atoms with E-state index in [0.29, 0.717) is 6.42 Å². The quantitative estimate of drug-likeness (QED) is 0.849. The Morgan fingerprint density at radius 1 is 1.47 bits per heavy atom. The standard InChI is InChI=1S/C13H17N3O/c1-3-6-12(17)14-9(2)13-15-10-7-4-5-8-11(10)16-13/h4-5,7-9H,3,6H2,1-2H3,(H,14,17)(H,15,16)/t9-/m0/s1. The highest BCUT2D eigenvalue weighted by Gasteiger charge is 2.12. The lowest BCUT2D eigenvalue weighted by Gasteiger charge is -2.10. The minimum Gasteiger partial charge on any atom is -0.346 e. The van der Waals surface area contributed by atoms with Crippen LogP contribution in [-0.2, 0) is 4.79 Å². The van der Waals surface area contributed by atoms with E-state index < -0.39 is 0 Å². The van der Waals surface area contributed by atoms with Gasteiger partial charge in [0.25, 0.3) is 0 Å². The number of carbonyl (C=O) groups is 1. The smallest absolute Gasteiger partial charge is 0.220 e. The Balaban J connectivity index is 2.13. The SMILES string of the molecule is CCCC(=O)N[C@@H](C)c1nc2ccccc2[nH]1. The molecule has 0 radical (unpaired) electrons. The predicted molar refractivity (Wildman–Crippen MR) is 67.6 cm³/mol. The number of carbonyl (C=O) groups excluding carboxylic acids is 1. The first-order valence-corrected chi connectivity index (χ1v) is 5.94. The topological polar surface area (TPSA) is 57.8 Å². The number of aromatic amines is 1. The number of imidazole rings is 1. The van der Waals surface area contributed by atoms with Crippen LogP contribution in [0.2, 0.25) is 0 Å². The van der Waals surface area contributed by atoms with E-state index in [9.17, 15) is 4.79 Å². The minimum atomic E-state index is -0.0820. The van der Waals surface area contributed by atoms with Crippen molar-refractivity contribution >= 4 is 16.9 Å². The van der Waals surface area contributed by atoms with Crippen molar-refractivity contribution < 1.29 is 4.79 Å². The molecule has 1 aromatic carbocycles. The normalized spacial score (nSPS) is 12.6. The average Bonchev–Trinajstić information content (AvgIpc) is 2.72. The van der Waals surface area contributed by atoms with Crippen LogP contribution in [0.3, 0.4) is 0 Å². The molecule has 2 aromatic rings. The Hall–Kier alpha value is -1.84. The number of nitrogens with zero attached hydrogens (tertiary/aromatic N) is 1. The van der Waals surface area contributed by atoms with Crippen LogP contribution in [0.1, 0.15) is 38.6 Å². The number of hydrogen-bond acceptors (Lipinski definition) is 2. The van der Waals surface area contributed by atoms with Crippen molar-refractivity contribution in [3.05, 3.63) is 30.1 Å². The summed E-state index contributed by atoms with van der Waals surface area (Å²) in [5, 5.41) is 2.93. The molecule has 2 rings (SSSR count). The Labute approximate surface area is 100 Å². The summed E-state index contributed by atoms with van der Waals surface area (Å²) in [6.45, 7) is 3.93. The number of rotatable bonds is 4. The molecule has 1 aromatic heterocycles. The summed E-state index contributed by atoms with van der Waals surface area (Å²) in [5.41, 5.74) is 1.93. The third-order valence-corrected chi connectivity index (χ3v) is 2.67. The second-order valence-corrected chi connectivity index (χ2v) is 4.18. The molecule has 1 heterocycles. The fourth-order valence-corrected chi connectivity index (χ4v) is 1.79. The summed E-state index contributed by atoms with van der Waals surface area (Å²) in [5.74, 6) is 0.871. The zero-order chi connectivity index (χ0) is 12.3. The van der Waals surface area contributed by atoms with E-state index in [1.54, 1.807) is 0 Å². The zero-order valence-corrected chi connectivity index (χ0v) is 10.2. The zero-order valence-electron chi connectivity index (χ0n) is 10.2. The number of H-pyrrole nitrogens is 1. The van der Waals surface area contributed by atoms with Gasteiger partial charge in [-0.25, -0.2) is 4.98 Å². The fraction of sp³-hybridized carbons (Fsp3) is 0.385. The van der Waals surface area contributed by atoms with Gasteiger partial charge in [0, 0.05) is 6.42 Å². The highest BCUT2D eigenvalue weighted by atomic mass is 16.1. The monoisotopic (exact) mass is 231 g/mol. The van der Waals surface area contributed by atoms with E-state index >= 15 is 0 Å². The van der Waals surface area contributed by atoms with Gasteiger partial charge in [-0.05, 0) is 25.5 Å². The molecule has 90 valence electrons. The number of aromatic nitrogens is 2. The highest BCUT2D eigenvalue weighted by Crippen LogP contribution is 2.15. The summed E-state index contributed by atoms with van der Waals surface area (Å²) in [4.78, 5) is 19.2.